The van der Waals surface area contributed by atoms with E-state index in [1.807, 2.05) is 6.92 Å². The Hall–Kier alpha value is -1.43. The number of hydrogen-bond donors (Lipinski definition) is 1. The van der Waals surface area contributed by atoms with Crippen LogP contribution in [0, 0.1) is 0 Å². The number of rotatable bonds is 6. The van der Waals surface area contributed by atoms with Crippen molar-refractivity contribution in [2.45, 2.75) is 32.5 Å². The van der Waals surface area contributed by atoms with Gasteiger partial charge in [-0.05, 0) is 25.5 Å². The zero-order valence-electron chi connectivity index (χ0n) is 12.0. The van der Waals surface area contributed by atoms with Gasteiger partial charge in [0, 0.05) is 23.8 Å². The minimum atomic E-state index is -4.26. The molecule has 0 saturated carbocycles. The zero-order valence-corrected chi connectivity index (χ0v) is 12.0. The highest BCUT2D eigenvalue weighted by atomic mass is 19.4. The quantitative estimate of drug-likeness (QED) is 0.871. The molecular formula is C14H21F3N2O. The maximum atomic E-state index is 12.7. The molecule has 0 aliphatic carbocycles. The third-order valence-corrected chi connectivity index (χ3v) is 2.92. The molecule has 0 aromatic heterocycles. The van der Waals surface area contributed by atoms with E-state index in [-0.39, 0.29) is 0 Å². The Balaban J connectivity index is 3.25. The molecule has 0 heterocycles. The van der Waals surface area contributed by atoms with Gasteiger partial charge < -0.3 is 15.4 Å². The molecule has 0 amide bonds. The van der Waals surface area contributed by atoms with Crippen LogP contribution in [0.4, 0.5) is 18.9 Å². The molecule has 1 aromatic carbocycles. The predicted octanol–water partition coefficient (Wildman–Crippen LogP) is 3.49. The van der Waals surface area contributed by atoms with Crippen molar-refractivity contribution in [3.05, 3.63) is 23.8 Å². The van der Waals surface area contributed by atoms with Gasteiger partial charge in [-0.3, -0.25) is 0 Å². The molecule has 2 N–H and O–H groups in total. The van der Waals surface area contributed by atoms with Gasteiger partial charge in [0.15, 0.2) is 0 Å². The Morgan fingerprint density at radius 1 is 1.35 bits per heavy atom. The van der Waals surface area contributed by atoms with Crippen LogP contribution in [0.5, 0.6) is 5.75 Å². The van der Waals surface area contributed by atoms with Crippen molar-refractivity contribution in [3.8, 4) is 5.75 Å². The molecule has 6 heteroatoms. The summed E-state index contributed by atoms with van der Waals surface area (Å²) in [6.07, 6.45) is -3.64. The van der Waals surface area contributed by atoms with E-state index < -0.39 is 18.8 Å². The van der Waals surface area contributed by atoms with E-state index in [9.17, 15) is 13.2 Å². The molecule has 0 radical (unpaired) electrons. The number of hydrogen-bond acceptors (Lipinski definition) is 3. The van der Waals surface area contributed by atoms with E-state index in [4.69, 9.17) is 10.5 Å². The average Bonchev–Trinajstić information content (AvgIpc) is 2.35. The summed E-state index contributed by atoms with van der Waals surface area (Å²) in [7, 11) is 1.49. The Morgan fingerprint density at radius 3 is 2.45 bits per heavy atom. The normalized spacial score (nSPS) is 13.2. The fraction of sp³-hybridized carbons (Fsp3) is 0.571. The molecule has 0 aliphatic rings. The summed E-state index contributed by atoms with van der Waals surface area (Å²) >= 11 is 0. The molecule has 0 aliphatic heterocycles. The fourth-order valence-electron chi connectivity index (χ4n) is 2.21. The number of alkyl halides is 3. The molecule has 0 saturated heterocycles. The molecule has 1 rings (SSSR count). The summed E-state index contributed by atoms with van der Waals surface area (Å²) in [5.41, 5.74) is 6.99. The number of nitrogens with zero attached hydrogens (tertiary/aromatic N) is 1. The first-order valence-electron chi connectivity index (χ1n) is 6.54. The van der Waals surface area contributed by atoms with Gasteiger partial charge in [-0.1, -0.05) is 13.0 Å². The highest BCUT2D eigenvalue weighted by Gasteiger charge is 2.32. The third kappa shape index (κ3) is 4.30. The van der Waals surface area contributed by atoms with Gasteiger partial charge in [-0.2, -0.15) is 13.2 Å². The van der Waals surface area contributed by atoms with Gasteiger partial charge in [0.2, 0.25) is 0 Å². The van der Waals surface area contributed by atoms with Gasteiger partial charge >= 0.3 is 6.18 Å². The molecule has 1 aromatic rings. The standard InChI is InChI=1S/C14H21F3N2O/c1-4-8-19(9-14(15,16)17)11-6-5-7-12(20-3)13(11)10(2)18/h5-7,10H,4,8-9,18H2,1-3H3/t10-/m1/s1. The van der Waals surface area contributed by atoms with E-state index in [0.29, 0.717) is 30.0 Å². The van der Waals surface area contributed by atoms with Crippen LogP contribution >= 0.6 is 0 Å². The van der Waals surface area contributed by atoms with Gasteiger partial charge in [-0.15, -0.1) is 0 Å². The first-order chi connectivity index (χ1) is 9.30. The smallest absolute Gasteiger partial charge is 0.405 e. The summed E-state index contributed by atoms with van der Waals surface area (Å²) in [5, 5.41) is 0. The number of nitrogens with two attached hydrogens (primary N) is 1. The van der Waals surface area contributed by atoms with Crippen molar-refractivity contribution in [2.75, 3.05) is 25.1 Å². The second-order valence-electron chi connectivity index (χ2n) is 4.72. The maximum absolute atomic E-state index is 12.7. The van der Waals surface area contributed by atoms with Crippen molar-refractivity contribution in [2.24, 2.45) is 5.73 Å². The van der Waals surface area contributed by atoms with E-state index in [0.717, 1.165) is 0 Å². The minimum absolute atomic E-state index is 0.312. The molecule has 0 spiro atoms. The van der Waals surface area contributed by atoms with Crippen molar-refractivity contribution in [1.29, 1.82) is 0 Å². The summed E-state index contributed by atoms with van der Waals surface area (Å²) in [6.45, 7) is 2.90. The largest absolute Gasteiger partial charge is 0.496 e. The summed E-state index contributed by atoms with van der Waals surface area (Å²) in [5.74, 6) is 0.515. The monoisotopic (exact) mass is 290 g/mol. The molecule has 3 nitrogen and oxygen atoms in total. The Bertz CT molecular complexity index is 433. The topological polar surface area (TPSA) is 38.5 Å². The van der Waals surface area contributed by atoms with Crippen LogP contribution < -0.4 is 15.4 Å². The first-order valence-corrected chi connectivity index (χ1v) is 6.54. The second kappa shape index (κ2) is 6.83. The number of anilines is 1. The van der Waals surface area contributed by atoms with Gasteiger partial charge in [0.1, 0.15) is 12.3 Å². The average molecular weight is 290 g/mol. The highest BCUT2D eigenvalue weighted by molar-refractivity contribution is 5.60. The van der Waals surface area contributed by atoms with E-state index >= 15 is 0 Å². The molecular weight excluding hydrogens is 269 g/mol. The summed E-state index contributed by atoms with van der Waals surface area (Å²) in [6, 6.07) is 4.63. The second-order valence-corrected chi connectivity index (χ2v) is 4.72. The van der Waals surface area contributed by atoms with Crippen LogP contribution in [0.1, 0.15) is 31.9 Å². The Morgan fingerprint density at radius 2 is 2.00 bits per heavy atom. The fourth-order valence-corrected chi connectivity index (χ4v) is 2.21. The number of benzene rings is 1. The highest BCUT2D eigenvalue weighted by Crippen LogP contribution is 2.35. The zero-order chi connectivity index (χ0) is 15.3. The van der Waals surface area contributed by atoms with Crippen LogP contribution in [-0.4, -0.2) is 26.4 Å². The first kappa shape index (κ1) is 16.6. The summed E-state index contributed by atoms with van der Waals surface area (Å²) in [4.78, 5) is 1.31. The van der Waals surface area contributed by atoms with Crippen LogP contribution in [0.15, 0.2) is 18.2 Å². The molecule has 0 unspecified atom stereocenters. The van der Waals surface area contributed by atoms with Crippen molar-refractivity contribution in [3.63, 3.8) is 0 Å². The summed E-state index contributed by atoms with van der Waals surface area (Å²) < 4.78 is 43.4. The maximum Gasteiger partial charge on any atom is 0.405 e. The number of ether oxygens (including phenoxy) is 1. The molecule has 0 fully saturated rings. The molecule has 0 bridgehead atoms. The molecule has 1 atom stereocenters. The van der Waals surface area contributed by atoms with Gasteiger partial charge in [0.05, 0.1) is 7.11 Å². The SMILES string of the molecule is CCCN(CC(F)(F)F)c1cccc(OC)c1[C@@H](C)N. The lowest BCUT2D eigenvalue weighted by atomic mass is 10.0. The number of methoxy groups -OCH3 is 1. The van der Waals surface area contributed by atoms with Crippen molar-refractivity contribution >= 4 is 5.69 Å². The van der Waals surface area contributed by atoms with Crippen LogP contribution in [-0.2, 0) is 0 Å². The lowest BCUT2D eigenvalue weighted by Crippen LogP contribution is -2.36. The van der Waals surface area contributed by atoms with Crippen molar-refractivity contribution in [1.82, 2.24) is 0 Å². The Labute approximate surface area is 117 Å². The number of halogens is 3. The molecule has 114 valence electrons. The van der Waals surface area contributed by atoms with E-state index in [2.05, 4.69) is 0 Å². The lowest BCUT2D eigenvalue weighted by molar-refractivity contribution is -0.119. The van der Waals surface area contributed by atoms with Gasteiger partial charge in [0.25, 0.3) is 0 Å². The Kier molecular flexibility index (Phi) is 5.68. The van der Waals surface area contributed by atoms with E-state index in [1.165, 1.54) is 12.0 Å². The third-order valence-electron chi connectivity index (χ3n) is 2.92. The predicted molar refractivity (Wildman–Crippen MR) is 74.2 cm³/mol. The van der Waals surface area contributed by atoms with E-state index in [1.54, 1.807) is 25.1 Å². The van der Waals surface area contributed by atoms with Crippen LogP contribution in [0.25, 0.3) is 0 Å². The van der Waals surface area contributed by atoms with Crippen molar-refractivity contribution < 1.29 is 17.9 Å². The van der Waals surface area contributed by atoms with Gasteiger partial charge in [-0.25, -0.2) is 0 Å². The minimum Gasteiger partial charge on any atom is -0.496 e. The molecule has 20 heavy (non-hydrogen) atoms. The van der Waals surface area contributed by atoms with Crippen LogP contribution in [0.2, 0.25) is 0 Å². The van der Waals surface area contributed by atoms with Crippen LogP contribution in [0.3, 0.4) is 0 Å². The lowest BCUT2D eigenvalue weighted by Gasteiger charge is -2.29.